The molecule has 9 heteroatoms. The van der Waals surface area contributed by atoms with Crippen LogP contribution in [-0.2, 0) is 4.79 Å². The predicted molar refractivity (Wildman–Crippen MR) is 97.7 cm³/mol. The minimum atomic E-state index is -1.05. The summed E-state index contributed by atoms with van der Waals surface area (Å²) in [5.41, 5.74) is 0.224. The van der Waals surface area contributed by atoms with Crippen molar-refractivity contribution in [3.63, 3.8) is 0 Å². The van der Waals surface area contributed by atoms with E-state index in [-0.39, 0.29) is 29.5 Å². The number of carboxylic acid groups (broad SMARTS) is 2. The number of nitrogens with zero attached hydrogens (tertiary/aromatic N) is 4. The summed E-state index contributed by atoms with van der Waals surface area (Å²) in [6.07, 6.45) is 13.4. The van der Waals surface area contributed by atoms with E-state index in [2.05, 4.69) is 19.9 Å². The highest BCUT2D eigenvalue weighted by Crippen LogP contribution is 2.32. The first-order valence-electron chi connectivity index (χ1n) is 9.00. The number of carboxylic acids is 2. The van der Waals surface area contributed by atoms with Crippen LogP contribution in [0.15, 0.2) is 37.2 Å². The average Bonchev–Trinajstić information content (AvgIpc) is 2.74. The normalized spacial score (nSPS) is 15.0. The topological polar surface area (TPSA) is 143 Å². The van der Waals surface area contributed by atoms with Gasteiger partial charge in [-0.1, -0.05) is 19.3 Å². The molecular formula is C19H22N4O5. The molecule has 1 saturated carbocycles. The van der Waals surface area contributed by atoms with Crippen molar-refractivity contribution in [1.82, 2.24) is 19.9 Å². The number of aliphatic carboxylic acids is 1. The highest BCUT2D eigenvalue weighted by Gasteiger charge is 2.31. The van der Waals surface area contributed by atoms with Gasteiger partial charge in [-0.05, 0) is 18.8 Å². The largest absolute Gasteiger partial charge is 0.481 e. The van der Waals surface area contributed by atoms with Crippen LogP contribution in [-0.4, -0.2) is 47.9 Å². The molecule has 0 spiro atoms. The Morgan fingerprint density at radius 3 is 1.89 bits per heavy atom. The van der Waals surface area contributed by atoms with Crippen molar-refractivity contribution in [1.29, 1.82) is 0 Å². The molecule has 1 aliphatic carbocycles. The van der Waals surface area contributed by atoms with E-state index in [1.54, 1.807) is 0 Å². The van der Waals surface area contributed by atoms with Crippen molar-refractivity contribution < 1.29 is 24.6 Å². The third kappa shape index (κ3) is 6.49. The van der Waals surface area contributed by atoms with Gasteiger partial charge >= 0.3 is 11.9 Å². The van der Waals surface area contributed by atoms with Crippen molar-refractivity contribution in [3.05, 3.63) is 48.6 Å². The molecule has 1 fully saturated rings. The maximum Gasteiger partial charge on any atom is 0.356 e. The first-order valence-corrected chi connectivity index (χ1v) is 9.00. The van der Waals surface area contributed by atoms with Crippen LogP contribution in [0.2, 0.25) is 0 Å². The second-order valence-electron chi connectivity index (χ2n) is 6.46. The molecule has 0 radical (unpaired) electrons. The molecule has 148 valence electrons. The van der Waals surface area contributed by atoms with Crippen LogP contribution in [0.1, 0.15) is 59.5 Å². The van der Waals surface area contributed by atoms with E-state index in [0.29, 0.717) is 0 Å². The fourth-order valence-corrected chi connectivity index (χ4v) is 3.15. The average molecular weight is 386 g/mol. The number of ketones is 1. The van der Waals surface area contributed by atoms with Gasteiger partial charge in [0.2, 0.25) is 0 Å². The molecule has 2 aromatic rings. The maximum atomic E-state index is 12.0. The Kier molecular flexibility index (Phi) is 8.13. The van der Waals surface area contributed by atoms with Gasteiger partial charge in [-0.3, -0.25) is 19.6 Å². The van der Waals surface area contributed by atoms with E-state index in [4.69, 9.17) is 5.11 Å². The quantitative estimate of drug-likeness (QED) is 0.715. The summed E-state index contributed by atoms with van der Waals surface area (Å²) in [6, 6.07) is 0. The molecule has 0 bridgehead atoms. The smallest absolute Gasteiger partial charge is 0.356 e. The first kappa shape index (κ1) is 21.1. The monoisotopic (exact) mass is 386 g/mol. The van der Waals surface area contributed by atoms with Crippen LogP contribution in [0.25, 0.3) is 0 Å². The third-order valence-corrected chi connectivity index (χ3v) is 4.57. The van der Waals surface area contributed by atoms with Crippen LogP contribution in [0, 0.1) is 11.8 Å². The summed E-state index contributed by atoms with van der Waals surface area (Å²) in [7, 11) is 0. The van der Waals surface area contributed by atoms with E-state index < -0.39 is 17.9 Å². The van der Waals surface area contributed by atoms with E-state index in [9.17, 15) is 19.5 Å². The van der Waals surface area contributed by atoms with Crippen LogP contribution >= 0.6 is 0 Å². The number of carbonyl (C=O) groups is 3. The van der Waals surface area contributed by atoms with Crippen LogP contribution in [0.4, 0.5) is 0 Å². The summed E-state index contributed by atoms with van der Waals surface area (Å²) < 4.78 is 0. The molecule has 2 aromatic heterocycles. The highest BCUT2D eigenvalue weighted by molar-refractivity contribution is 5.96. The van der Waals surface area contributed by atoms with Crippen LogP contribution in [0.3, 0.4) is 0 Å². The lowest BCUT2D eigenvalue weighted by Crippen LogP contribution is -2.28. The SMILES string of the molecule is O=C(C[C@H](C(=O)O)C1CCCCC1)c1cnccn1.O=C(O)c1cnccn1. The zero-order valence-corrected chi connectivity index (χ0v) is 15.3. The Balaban J connectivity index is 0.000000261. The van der Waals surface area contributed by atoms with Crippen LogP contribution in [0.5, 0.6) is 0 Å². The number of hydrogen-bond acceptors (Lipinski definition) is 7. The van der Waals surface area contributed by atoms with Crippen molar-refractivity contribution in [3.8, 4) is 0 Å². The number of aromatic nitrogens is 4. The number of aromatic carboxylic acids is 1. The second kappa shape index (κ2) is 10.8. The number of Topliss-reactive ketones (excluding diaryl/α,β-unsaturated/α-hetero) is 1. The first-order chi connectivity index (χ1) is 13.5. The number of rotatable bonds is 6. The summed E-state index contributed by atoms with van der Waals surface area (Å²) in [6.45, 7) is 0. The lowest BCUT2D eigenvalue weighted by Gasteiger charge is -2.26. The zero-order valence-electron chi connectivity index (χ0n) is 15.3. The van der Waals surface area contributed by atoms with Gasteiger partial charge in [0.1, 0.15) is 5.69 Å². The Morgan fingerprint density at radius 1 is 0.893 bits per heavy atom. The van der Waals surface area contributed by atoms with Gasteiger partial charge in [-0.25, -0.2) is 14.8 Å². The van der Waals surface area contributed by atoms with Gasteiger partial charge in [0.25, 0.3) is 0 Å². The fraction of sp³-hybridized carbons (Fsp3) is 0.421. The molecule has 0 aromatic carbocycles. The van der Waals surface area contributed by atoms with E-state index in [0.717, 1.165) is 25.7 Å². The molecule has 1 atom stereocenters. The Morgan fingerprint density at radius 2 is 1.46 bits per heavy atom. The van der Waals surface area contributed by atoms with E-state index in [1.807, 2.05) is 0 Å². The van der Waals surface area contributed by atoms with Gasteiger partial charge in [0.15, 0.2) is 11.5 Å². The van der Waals surface area contributed by atoms with Gasteiger partial charge in [-0.2, -0.15) is 0 Å². The summed E-state index contributed by atoms with van der Waals surface area (Å²) >= 11 is 0. The zero-order chi connectivity index (χ0) is 20.4. The molecule has 0 aliphatic heterocycles. The number of hydrogen-bond donors (Lipinski definition) is 2. The van der Waals surface area contributed by atoms with Gasteiger partial charge < -0.3 is 10.2 Å². The highest BCUT2D eigenvalue weighted by atomic mass is 16.4. The molecule has 0 saturated heterocycles. The third-order valence-electron chi connectivity index (χ3n) is 4.57. The summed E-state index contributed by atoms with van der Waals surface area (Å²) in [5.74, 6) is -2.63. The second-order valence-corrected chi connectivity index (χ2v) is 6.46. The van der Waals surface area contributed by atoms with Gasteiger partial charge in [-0.15, -0.1) is 0 Å². The molecule has 0 unspecified atom stereocenters. The van der Waals surface area contributed by atoms with E-state index in [1.165, 1.54) is 43.6 Å². The minimum absolute atomic E-state index is 0.0265. The Labute approximate surface area is 161 Å². The van der Waals surface area contributed by atoms with E-state index >= 15 is 0 Å². The molecule has 9 nitrogen and oxygen atoms in total. The summed E-state index contributed by atoms with van der Waals surface area (Å²) in [5, 5.41) is 17.6. The van der Waals surface area contributed by atoms with Crippen LogP contribution < -0.4 is 0 Å². The number of carbonyl (C=O) groups excluding carboxylic acids is 1. The molecule has 2 N–H and O–H groups in total. The molecule has 3 rings (SSSR count). The molecular weight excluding hydrogens is 364 g/mol. The lowest BCUT2D eigenvalue weighted by molar-refractivity contribution is -0.144. The molecule has 1 aliphatic rings. The molecule has 28 heavy (non-hydrogen) atoms. The van der Waals surface area contributed by atoms with Crippen molar-refractivity contribution in [2.45, 2.75) is 38.5 Å². The fourth-order valence-electron chi connectivity index (χ4n) is 3.15. The van der Waals surface area contributed by atoms with Crippen molar-refractivity contribution >= 4 is 17.7 Å². The van der Waals surface area contributed by atoms with Crippen molar-refractivity contribution in [2.75, 3.05) is 0 Å². The standard InChI is InChI=1S/C14H18N2O3.C5H4N2O2/c17-13(12-9-15-6-7-16-12)8-11(14(18)19)10-4-2-1-3-5-10;8-5(9)4-3-6-1-2-7-4/h6-7,9-11H,1-5,8H2,(H,18,19);1-3H,(H,8,9)/t11-;/m0./s1. The maximum absolute atomic E-state index is 12.0. The predicted octanol–water partition coefficient (Wildman–Crippen LogP) is 2.51. The van der Waals surface area contributed by atoms with Gasteiger partial charge in [0.05, 0.1) is 18.3 Å². The molecule has 2 heterocycles. The Hall–Kier alpha value is -3.23. The lowest BCUT2D eigenvalue weighted by atomic mass is 9.77. The summed E-state index contributed by atoms with van der Waals surface area (Å²) in [4.78, 5) is 48.4. The molecule has 0 amide bonds. The minimum Gasteiger partial charge on any atom is -0.481 e. The van der Waals surface area contributed by atoms with Crippen molar-refractivity contribution in [2.24, 2.45) is 11.8 Å². The Bertz CT molecular complexity index is 779. The van der Waals surface area contributed by atoms with Gasteiger partial charge in [0, 0.05) is 31.2 Å².